The van der Waals surface area contributed by atoms with E-state index in [1.807, 2.05) is 0 Å². The number of benzene rings is 3. The number of hydrogen-bond donors (Lipinski definition) is 0. The summed E-state index contributed by atoms with van der Waals surface area (Å²) in [5.41, 5.74) is 28.6. The molecule has 0 spiro atoms. The minimum Gasteiger partial charge on any atom is -0.338 e. The molecule has 0 bridgehead atoms. The smallest absolute Gasteiger partial charge is 0.0559 e. The fourth-order valence-corrected chi connectivity index (χ4v) is 11.1. The summed E-state index contributed by atoms with van der Waals surface area (Å²) in [6.45, 7) is 25.9. The van der Waals surface area contributed by atoms with Crippen molar-refractivity contribution in [2.24, 2.45) is 0 Å². The van der Waals surface area contributed by atoms with Gasteiger partial charge < -0.3 is 9.80 Å². The van der Waals surface area contributed by atoms with Gasteiger partial charge in [0.15, 0.2) is 0 Å². The van der Waals surface area contributed by atoms with Gasteiger partial charge in [-0.25, -0.2) is 0 Å². The average Bonchev–Trinajstić information content (AvgIpc) is 3.55. The molecular formula is C55H62N2. The summed E-state index contributed by atoms with van der Waals surface area (Å²) < 4.78 is 0. The van der Waals surface area contributed by atoms with E-state index in [1.54, 1.807) is 22.3 Å². The van der Waals surface area contributed by atoms with Gasteiger partial charge in [0, 0.05) is 39.3 Å². The van der Waals surface area contributed by atoms with E-state index in [4.69, 9.17) is 0 Å². The van der Waals surface area contributed by atoms with Crippen molar-refractivity contribution >= 4 is 28.2 Å². The zero-order valence-corrected chi connectivity index (χ0v) is 36.5. The van der Waals surface area contributed by atoms with Crippen LogP contribution in [0.4, 0.5) is 17.1 Å². The molecule has 6 aliphatic carbocycles. The summed E-state index contributed by atoms with van der Waals surface area (Å²) in [5.74, 6) is 0. The first-order valence-corrected chi connectivity index (χ1v) is 21.7. The summed E-state index contributed by atoms with van der Waals surface area (Å²) in [7, 11) is 0. The van der Waals surface area contributed by atoms with E-state index in [0.29, 0.717) is 6.04 Å². The fourth-order valence-electron chi connectivity index (χ4n) is 11.1. The van der Waals surface area contributed by atoms with Gasteiger partial charge in [-0.05, 0) is 198 Å². The quantitative estimate of drug-likeness (QED) is 0.248. The van der Waals surface area contributed by atoms with Crippen LogP contribution in [0.15, 0.2) is 135 Å². The number of anilines is 3. The van der Waals surface area contributed by atoms with Gasteiger partial charge in [-0.3, -0.25) is 0 Å². The van der Waals surface area contributed by atoms with Gasteiger partial charge in [-0.1, -0.05) is 92.0 Å². The van der Waals surface area contributed by atoms with Gasteiger partial charge in [0.1, 0.15) is 0 Å². The lowest BCUT2D eigenvalue weighted by atomic mass is 9.68. The number of fused-ring (bicyclic) bond motifs is 5. The molecule has 6 aliphatic rings. The maximum Gasteiger partial charge on any atom is 0.0559 e. The van der Waals surface area contributed by atoms with Crippen LogP contribution in [0.1, 0.15) is 141 Å². The third-order valence-corrected chi connectivity index (χ3v) is 14.8. The molecule has 0 N–H and O–H groups in total. The molecule has 0 aliphatic heterocycles. The molecule has 2 nitrogen and oxygen atoms in total. The lowest BCUT2D eigenvalue weighted by Gasteiger charge is -2.38. The topological polar surface area (TPSA) is 6.48 Å². The van der Waals surface area contributed by atoms with Crippen molar-refractivity contribution in [1.82, 2.24) is 0 Å². The second kappa shape index (κ2) is 13.6. The van der Waals surface area contributed by atoms with E-state index >= 15 is 0 Å². The molecule has 0 saturated carbocycles. The highest BCUT2D eigenvalue weighted by molar-refractivity contribution is 5.97. The van der Waals surface area contributed by atoms with Crippen LogP contribution in [-0.4, -0.2) is 6.04 Å². The van der Waals surface area contributed by atoms with Gasteiger partial charge in [0.05, 0.1) is 6.04 Å². The van der Waals surface area contributed by atoms with Crippen molar-refractivity contribution in [1.29, 1.82) is 0 Å². The molecule has 1 atom stereocenters. The zero-order chi connectivity index (χ0) is 40.1. The maximum absolute atomic E-state index is 2.68. The van der Waals surface area contributed by atoms with E-state index in [2.05, 4.69) is 171 Å². The third kappa shape index (κ3) is 6.04. The largest absolute Gasteiger partial charge is 0.338 e. The van der Waals surface area contributed by atoms with E-state index in [0.717, 1.165) is 44.9 Å². The molecule has 0 saturated heterocycles. The standard InChI is InChI=1S/C55H62N2/c1-33-13-12-14-40(27-33)56(41-18-15-34(2)37(5)28-41)44-21-23-46-48-25-26-49-47-24-22-45(32-51(47)55(10,11)53(49)52(48)54(8,9)50(46)31-44)57(42-19-16-35(3)38(6)29-42)43-20-17-36(4)39(7)30-43/h12-13,16,19,21-24,27-32,40H,14-15,17-18,20,25-26H2,1-11H3. The molecule has 292 valence electrons. The van der Waals surface area contributed by atoms with Crippen LogP contribution in [0.3, 0.4) is 0 Å². The summed E-state index contributed by atoms with van der Waals surface area (Å²) >= 11 is 0. The molecule has 0 radical (unpaired) electrons. The van der Waals surface area contributed by atoms with Crippen LogP contribution in [0, 0.1) is 13.8 Å². The Morgan fingerprint density at radius 2 is 1.07 bits per heavy atom. The molecule has 9 rings (SSSR count). The lowest BCUT2D eigenvalue weighted by molar-refractivity contribution is 0.578. The number of rotatable bonds is 6. The number of aryl methyl sites for hydroxylation is 2. The van der Waals surface area contributed by atoms with Gasteiger partial charge >= 0.3 is 0 Å². The Kier molecular flexibility index (Phi) is 9.04. The summed E-state index contributed by atoms with van der Waals surface area (Å²) in [6, 6.07) is 22.3. The Morgan fingerprint density at radius 1 is 0.544 bits per heavy atom. The van der Waals surface area contributed by atoms with Gasteiger partial charge in [0.25, 0.3) is 0 Å². The van der Waals surface area contributed by atoms with Gasteiger partial charge in [0.2, 0.25) is 0 Å². The molecule has 3 aromatic rings. The van der Waals surface area contributed by atoms with Crippen molar-refractivity contribution in [2.45, 2.75) is 138 Å². The van der Waals surface area contributed by atoms with Crippen LogP contribution in [0.25, 0.3) is 11.1 Å². The van der Waals surface area contributed by atoms with Crippen LogP contribution in [0.5, 0.6) is 0 Å². The minimum absolute atomic E-state index is 0.110. The maximum atomic E-state index is 2.68. The molecule has 1 unspecified atom stereocenters. The predicted molar refractivity (Wildman–Crippen MR) is 245 cm³/mol. The Balaban J connectivity index is 1.12. The first-order chi connectivity index (χ1) is 27.1. The molecule has 0 heterocycles. The van der Waals surface area contributed by atoms with Crippen molar-refractivity contribution in [2.75, 3.05) is 9.80 Å². The molecular weight excluding hydrogens is 689 g/mol. The van der Waals surface area contributed by atoms with Crippen molar-refractivity contribution in [3.05, 3.63) is 169 Å². The van der Waals surface area contributed by atoms with Gasteiger partial charge in [-0.2, -0.15) is 0 Å². The molecule has 0 fully saturated rings. The Bertz CT molecular complexity index is 2510. The summed E-state index contributed by atoms with van der Waals surface area (Å²) in [6.07, 6.45) is 19.7. The van der Waals surface area contributed by atoms with Crippen molar-refractivity contribution in [3.8, 4) is 0 Å². The number of nitrogens with zero attached hydrogens (tertiary/aromatic N) is 2. The minimum atomic E-state index is -0.122. The zero-order valence-electron chi connectivity index (χ0n) is 36.5. The molecule has 3 aromatic carbocycles. The Morgan fingerprint density at radius 3 is 1.65 bits per heavy atom. The predicted octanol–water partition coefficient (Wildman–Crippen LogP) is 15.1. The van der Waals surface area contributed by atoms with E-state index in [-0.39, 0.29) is 10.8 Å². The first kappa shape index (κ1) is 37.7. The summed E-state index contributed by atoms with van der Waals surface area (Å²) in [4.78, 5) is 5.24. The van der Waals surface area contributed by atoms with Gasteiger partial charge in [-0.15, -0.1) is 0 Å². The van der Waals surface area contributed by atoms with Crippen LogP contribution < -0.4 is 9.80 Å². The second-order valence-corrected chi connectivity index (χ2v) is 19.2. The molecule has 57 heavy (non-hydrogen) atoms. The van der Waals surface area contributed by atoms with Crippen molar-refractivity contribution in [3.63, 3.8) is 0 Å². The SMILES string of the molecule is CC1=CC(N(C2=CC(C)=C(C)CC2)c2ccc3c(c2)C(C)(C)C2=C3CCC3=C2C(C)(C)c2cc(N(C4=CC(C)=C(C)CC4)c4ccc(C)c(C)c4)ccc23)CC=C1. The Labute approximate surface area is 343 Å². The molecule has 0 amide bonds. The molecule has 0 aromatic heterocycles. The highest BCUT2D eigenvalue weighted by atomic mass is 15.2. The first-order valence-electron chi connectivity index (χ1n) is 21.7. The Hall–Kier alpha value is -4.82. The van der Waals surface area contributed by atoms with Crippen LogP contribution in [0.2, 0.25) is 0 Å². The number of hydrogen-bond acceptors (Lipinski definition) is 2. The molecule has 2 heteroatoms. The highest BCUT2D eigenvalue weighted by Crippen LogP contribution is 2.63. The van der Waals surface area contributed by atoms with Crippen LogP contribution in [-0.2, 0) is 10.8 Å². The monoisotopic (exact) mass is 750 g/mol. The summed E-state index contributed by atoms with van der Waals surface area (Å²) in [5, 5.41) is 0. The van der Waals surface area contributed by atoms with E-state index in [9.17, 15) is 0 Å². The number of allylic oxidation sites excluding steroid dienone is 14. The third-order valence-electron chi connectivity index (χ3n) is 14.8. The van der Waals surface area contributed by atoms with Crippen LogP contribution >= 0.6 is 0 Å². The average molecular weight is 751 g/mol. The van der Waals surface area contributed by atoms with E-state index in [1.165, 1.54) is 89.7 Å². The lowest BCUT2D eigenvalue weighted by Crippen LogP contribution is -2.35. The second-order valence-electron chi connectivity index (χ2n) is 19.2. The van der Waals surface area contributed by atoms with Crippen molar-refractivity contribution < 1.29 is 0 Å². The normalized spacial score (nSPS) is 21.9. The fraction of sp³-hybridized carbons (Fsp3) is 0.382. The highest BCUT2D eigenvalue weighted by Gasteiger charge is 2.50. The van der Waals surface area contributed by atoms with E-state index < -0.39 is 0 Å².